The monoisotopic (exact) mass is 169 g/mol. The van der Waals surface area contributed by atoms with Crippen LogP contribution in [0, 0.1) is 17.2 Å². The Balaban J connectivity index is 3.88. The van der Waals surface area contributed by atoms with Gasteiger partial charge in [0.2, 0.25) is 0 Å². The second-order valence-electron chi connectivity index (χ2n) is 2.85. The van der Waals surface area contributed by atoms with Crippen molar-refractivity contribution >= 4 is 6.03 Å². The van der Waals surface area contributed by atoms with Crippen molar-refractivity contribution in [1.29, 1.82) is 5.26 Å². The summed E-state index contributed by atoms with van der Waals surface area (Å²) in [7, 11) is 0. The Morgan fingerprint density at radius 3 is 2.50 bits per heavy atom. The number of hydrogen-bond donors (Lipinski definition) is 2. The maximum Gasteiger partial charge on any atom is 0.315 e. The molecule has 0 saturated heterocycles. The highest BCUT2D eigenvalue weighted by atomic mass is 16.2. The van der Waals surface area contributed by atoms with Crippen LogP contribution in [-0.4, -0.2) is 18.6 Å². The summed E-state index contributed by atoms with van der Waals surface area (Å²) in [6.07, 6.45) is 0. The molecule has 0 spiro atoms. The molecule has 0 aromatic carbocycles. The minimum atomic E-state index is -0.406. The van der Waals surface area contributed by atoms with Crippen LogP contribution in [0.25, 0.3) is 0 Å². The molecule has 0 aliphatic heterocycles. The van der Waals surface area contributed by atoms with Crippen LogP contribution in [0.15, 0.2) is 0 Å². The number of carbonyl (C=O) groups is 1. The predicted octanol–water partition coefficient (Wildman–Crippen LogP) is 0.854. The fourth-order valence-electron chi connectivity index (χ4n) is 0.701. The summed E-state index contributed by atoms with van der Waals surface area (Å²) in [6, 6.07) is 1.33. The molecular formula is C8H15N3O. The van der Waals surface area contributed by atoms with Crippen LogP contribution < -0.4 is 10.6 Å². The van der Waals surface area contributed by atoms with Gasteiger partial charge in [-0.3, -0.25) is 0 Å². The molecule has 1 atom stereocenters. The van der Waals surface area contributed by atoms with Crippen molar-refractivity contribution in [1.82, 2.24) is 10.6 Å². The summed E-state index contributed by atoms with van der Waals surface area (Å²) in [5, 5.41) is 13.7. The summed E-state index contributed by atoms with van der Waals surface area (Å²) in [5.41, 5.74) is 0. The first-order chi connectivity index (χ1) is 5.61. The summed E-state index contributed by atoms with van der Waals surface area (Å²) >= 11 is 0. The number of carbonyl (C=O) groups excluding carboxylic acids is 1. The first-order valence-electron chi connectivity index (χ1n) is 4.05. The van der Waals surface area contributed by atoms with Crippen LogP contribution in [0.3, 0.4) is 0 Å². The van der Waals surface area contributed by atoms with Gasteiger partial charge in [-0.2, -0.15) is 5.26 Å². The molecule has 1 unspecified atom stereocenters. The summed E-state index contributed by atoms with van der Waals surface area (Å²) in [5.74, 6) is 0.137. The topological polar surface area (TPSA) is 64.9 Å². The number of hydrogen-bond acceptors (Lipinski definition) is 2. The van der Waals surface area contributed by atoms with E-state index in [4.69, 9.17) is 5.26 Å². The molecule has 0 fully saturated rings. The number of nitrogens with one attached hydrogen (secondary N) is 2. The highest BCUT2D eigenvalue weighted by molar-refractivity contribution is 5.74. The van der Waals surface area contributed by atoms with Crippen molar-refractivity contribution in [3.63, 3.8) is 0 Å². The second kappa shape index (κ2) is 5.42. The van der Waals surface area contributed by atoms with Gasteiger partial charge in [0.05, 0.1) is 6.07 Å². The van der Waals surface area contributed by atoms with Gasteiger partial charge in [-0.25, -0.2) is 4.79 Å². The summed E-state index contributed by atoms with van der Waals surface area (Å²) in [4.78, 5) is 10.9. The van der Waals surface area contributed by atoms with Gasteiger partial charge in [-0.05, 0) is 12.8 Å². The van der Waals surface area contributed by atoms with Crippen LogP contribution in [0.4, 0.5) is 4.79 Å². The van der Waals surface area contributed by atoms with Crippen molar-refractivity contribution < 1.29 is 4.79 Å². The fourth-order valence-corrected chi connectivity index (χ4v) is 0.701. The van der Waals surface area contributed by atoms with Crippen LogP contribution in [0.5, 0.6) is 0 Å². The lowest BCUT2D eigenvalue weighted by atomic mass is 10.1. The van der Waals surface area contributed by atoms with Gasteiger partial charge in [0.25, 0.3) is 0 Å². The Hall–Kier alpha value is -1.24. The van der Waals surface area contributed by atoms with Crippen molar-refractivity contribution in [2.45, 2.75) is 26.8 Å². The maximum absolute atomic E-state index is 10.9. The third-order valence-corrected chi connectivity index (χ3v) is 1.43. The zero-order valence-electron chi connectivity index (χ0n) is 7.72. The van der Waals surface area contributed by atoms with Crippen LogP contribution in [0.2, 0.25) is 0 Å². The molecule has 0 heterocycles. The van der Waals surface area contributed by atoms with E-state index in [0.29, 0.717) is 6.54 Å². The number of nitrogens with zero attached hydrogens (tertiary/aromatic N) is 1. The normalized spacial score (nSPS) is 11.9. The van der Waals surface area contributed by atoms with Gasteiger partial charge in [0.1, 0.15) is 6.04 Å². The zero-order valence-corrected chi connectivity index (χ0v) is 7.72. The van der Waals surface area contributed by atoms with E-state index in [1.165, 1.54) is 0 Å². The van der Waals surface area contributed by atoms with Gasteiger partial charge in [-0.1, -0.05) is 13.8 Å². The molecular weight excluding hydrogens is 154 g/mol. The minimum Gasteiger partial charge on any atom is -0.338 e. The van der Waals surface area contributed by atoms with Crippen molar-refractivity contribution in [3.8, 4) is 6.07 Å². The molecule has 0 bridgehead atoms. The summed E-state index contributed by atoms with van der Waals surface area (Å²) < 4.78 is 0. The molecule has 4 nitrogen and oxygen atoms in total. The van der Waals surface area contributed by atoms with Gasteiger partial charge >= 0.3 is 6.03 Å². The largest absolute Gasteiger partial charge is 0.338 e. The van der Waals surface area contributed by atoms with Gasteiger partial charge in [0, 0.05) is 6.54 Å². The Morgan fingerprint density at radius 1 is 1.58 bits per heavy atom. The van der Waals surface area contributed by atoms with E-state index in [9.17, 15) is 4.79 Å². The van der Waals surface area contributed by atoms with E-state index in [0.717, 1.165) is 0 Å². The molecule has 2 N–H and O–H groups in total. The quantitative estimate of drug-likeness (QED) is 0.658. The maximum atomic E-state index is 10.9. The van der Waals surface area contributed by atoms with E-state index in [1.54, 1.807) is 0 Å². The average molecular weight is 169 g/mol. The third-order valence-electron chi connectivity index (χ3n) is 1.43. The van der Waals surface area contributed by atoms with Gasteiger partial charge in [-0.15, -0.1) is 0 Å². The molecule has 0 rings (SSSR count). The molecule has 0 aliphatic rings. The smallest absolute Gasteiger partial charge is 0.315 e. The molecule has 0 aliphatic carbocycles. The molecule has 4 heteroatoms. The number of amides is 2. The third kappa shape index (κ3) is 3.81. The highest BCUT2D eigenvalue weighted by Crippen LogP contribution is 1.98. The minimum absolute atomic E-state index is 0.137. The number of rotatable bonds is 3. The highest BCUT2D eigenvalue weighted by Gasteiger charge is 2.13. The van der Waals surface area contributed by atoms with Crippen molar-refractivity contribution in [3.05, 3.63) is 0 Å². The molecule has 0 aromatic heterocycles. The Bertz CT molecular complexity index is 183. The second-order valence-corrected chi connectivity index (χ2v) is 2.85. The molecule has 0 radical (unpaired) electrons. The van der Waals surface area contributed by atoms with Gasteiger partial charge in [0.15, 0.2) is 0 Å². The van der Waals surface area contributed by atoms with Crippen molar-refractivity contribution in [2.75, 3.05) is 6.54 Å². The van der Waals surface area contributed by atoms with Crippen LogP contribution >= 0.6 is 0 Å². The standard InChI is InChI=1S/C8H15N3O/c1-4-10-8(12)11-7(5-9)6(2)3/h6-7H,4H2,1-3H3,(H2,10,11,12). The summed E-state index contributed by atoms with van der Waals surface area (Å²) in [6.45, 7) is 6.18. The van der Waals surface area contributed by atoms with E-state index < -0.39 is 6.04 Å². The van der Waals surface area contributed by atoms with E-state index in [2.05, 4.69) is 10.6 Å². The first kappa shape index (κ1) is 10.8. The predicted molar refractivity (Wildman–Crippen MR) is 46.4 cm³/mol. The number of nitriles is 1. The average Bonchev–Trinajstić information content (AvgIpc) is 2.00. The SMILES string of the molecule is CCNC(=O)NC(C#N)C(C)C. The lowest BCUT2D eigenvalue weighted by molar-refractivity contribution is 0.237. The molecule has 2 amide bonds. The Labute approximate surface area is 72.9 Å². The molecule has 0 aromatic rings. The molecule has 68 valence electrons. The lowest BCUT2D eigenvalue weighted by Gasteiger charge is -2.14. The Morgan fingerprint density at radius 2 is 2.17 bits per heavy atom. The molecule has 0 saturated carbocycles. The van der Waals surface area contributed by atoms with E-state index in [-0.39, 0.29) is 11.9 Å². The van der Waals surface area contributed by atoms with Gasteiger partial charge < -0.3 is 10.6 Å². The lowest BCUT2D eigenvalue weighted by Crippen LogP contribution is -2.43. The van der Waals surface area contributed by atoms with Crippen molar-refractivity contribution in [2.24, 2.45) is 5.92 Å². The Kier molecular flexibility index (Phi) is 4.86. The van der Waals surface area contributed by atoms with E-state index >= 15 is 0 Å². The van der Waals surface area contributed by atoms with Crippen LogP contribution in [-0.2, 0) is 0 Å². The fraction of sp³-hybridized carbons (Fsp3) is 0.750. The number of urea groups is 1. The van der Waals surface area contributed by atoms with E-state index in [1.807, 2.05) is 26.8 Å². The zero-order chi connectivity index (χ0) is 9.56. The molecule has 12 heavy (non-hydrogen) atoms. The van der Waals surface area contributed by atoms with Crippen LogP contribution in [0.1, 0.15) is 20.8 Å². The first-order valence-corrected chi connectivity index (χ1v) is 4.05.